The van der Waals surface area contributed by atoms with E-state index in [1.165, 1.54) is 18.7 Å². The van der Waals surface area contributed by atoms with Gasteiger partial charge in [0.25, 0.3) is 0 Å². The second kappa shape index (κ2) is 11.5. The number of carbonyl (C=O) groups is 4. The number of ketones is 2. The maximum atomic E-state index is 14.3. The number of rotatable bonds is 5. The molecule has 2 fully saturated rings. The SMILES string of the molecule is COc1cc([C@H]2C3=CC[C@@H]4C(=O)N(C5CCN(Cc6ccccc6)CC5)C(=O)[C@@H]4[C@@H]3CC3=C2C(=O)C(C)=CC3=O)cc(Br)c1O. The lowest BCUT2D eigenvalue weighted by Crippen LogP contribution is -2.47. The molecule has 0 unspecified atom stereocenters. The molecule has 2 amide bonds. The monoisotopic (exact) mass is 670 g/mol. The number of aromatic hydroxyl groups is 1. The largest absolute Gasteiger partial charge is 0.503 e. The van der Waals surface area contributed by atoms with E-state index in [4.69, 9.17) is 4.74 Å². The third-order valence-electron chi connectivity index (χ3n) is 10.4. The van der Waals surface area contributed by atoms with Crippen LogP contribution in [-0.2, 0) is 25.7 Å². The van der Waals surface area contributed by atoms with Crippen LogP contribution in [-0.4, -0.2) is 64.5 Å². The van der Waals surface area contributed by atoms with Crippen LogP contribution in [0.15, 0.2) is 81.4 Å². The molecule has 9 heteroatoms. The first kappa shape index (κ1) is 29.9. The van der Waals surface area contributed by atoms with Crippen molar-refractivity contribution in [2.45, 2.75) is 51.1 Å². The molecular formula is C36H35BrN2O6. The number of nitrogens with zero attached hydrogens (tertiary/aromatic N) is 2. The van der Waals surface area contributed by atoms with Crippen LogP contribution in [0.3, 0.4) is 0 Å². The summed E-state index contributed by atoms with van der Waals surface area (Å²) in [5, 5.41) is 10.5. The maximum absolute atomic E-state index is 14.3. The quantitative estimate of drug-likeness (QED) is 0.263. The van der Waals surface area contributed by atoms with Crippen molar-refractivity contribution >= 4 is 39.3 Å². The lowest BCUT2D eigenvalue weighted by Gasteiger charge is -2.42. The van der Waals surface area contributed by atoms with Crippen LogP contribution in [0.5, 0.6) is 11.5 Å². The zero-order valence-corrected chi connectivity index (χ0v) is 26.9. The number of piperidine rings is 1. The highest BCUT2D eigenvalue weighted by atomic mass is 79.9. The Morgan fingerprint density at radius 3 is 2.44 bits per heavy atom. The van der Waals surface area contributed by atoms with Gasteiger partial charge in [-0.25, -0.2) is 0 Å². The fourth-order valence-corrected chi connectivity index (χ4v) is 8.68. The van der Waals surface area contributed by atoms with Crippen LogP contribution in [0.25, 0.3) is 0 Å². The molecule has 45 heavy (non-hydrogen) atoms. The molecule has 3 aliphatic carbocycles. The molecule has 2 aromatic carbocycles. The number of ether oxygens (including phenoxy) is 1. The Hall–Kier alpha value is -3.82. The fraction of sp³-hybridized carbons (Fsp3) is 0.389. The van der Waals surface area contributed by atoms with Crippen LogP contribution in [0.4, 0.5) is 0 Å². The zero-order chi connectivity index (χ0) is 31.6. The van der Waals surface area contributed by atoms with Crippen LogP contribution in [0.2, 0.25) is 0 Å². The molecule has 1 N–H and O–H groups in total. The van der Waals surface area contributed by atoms with E-state index < -0.39 is 23.7 Å². The van der Waals surface area contributed by atoms with Crippen molar-refractivity contribution in [3.8, 4) is 11.5 Å². The Balaban J connectivity index is 1.21. The highest BCUT2D eigenvalue weighted by molar-refractivity contribution is 9.10. The second-order valence-electron chi connectivity index (χ2n) is 12.8. The third-order valence-corrected chi connectivity index (χ3v) is 11.0. The van der Waals surface area contributed by atoms with Gasteiger partial charge in [-0.2, -0.15) is 0 Å². The van der Waals surface area contributed by atoms with Crippen molar-refractivity contribution < 1.29 is 29.0 Å². The van der Waals surface area contributed by atoms with Crippen LogP contribution >= 0.6 is 15.9 Å². The summed E-state index contributed by atoms with van der Waals surface area (Å²) < 4.78 is 5.83. The van der Waals surface area contributed by atoms with E-state index in [2.05, 4.69) is 33.0 Å². The number of imide groups is 1. The van der Waals surface area contributed by atoms with Crippen molar-refractivity contribution in [3.63, 3.8) is 0 Å². The van der Waals surface area contributed by atoms with Gasteiger partial charge in [0.1, 0.15) is 0 Å². The molecule has 2 heterocycles. The number of phenols is 1. The van der Waals surface area contributed by atoms with E-state index >= 15 is 0 Å². The molecule has 7 rings (SSSR count). The number of amides is 2. The van der Waals surface area contributed by atoms with E-state index in [-0.39, 0.29) is 47.3 Å². The summed E-state index contributed by atoms with van der Waals surface area (Å²) in [5.74, 6) is -2.60. The van der Waals surface area contributed by atoms with Gasteiger partial charge in [-0.05, 0) is 83.8 Å². The predicted molar refractivity (Wildman–Crippen MR) is 170 cm³/mol. The first-order valence-corrected chi connectivity index (χ1v) is 16.4. The second-order valence-corrected chi connectivity index (χ2v) is 13.7. The fourth-order valence-electron chi connectivity index (χ4n) is 8.22. The number of hydrogen-bond donors (Lipinski definition) is 1. The van der Waals surface area contributed by atoms with E-state index in [1.807, 2.05) is 24.3 Å². The van der Waals surface area contributed by atoms with Gasteiger partial charge in [-0.3, -0.25) is 29.0 Å². The number of halogens is 1. The molecule has 0 spiro atoms. The summed E-state index contributed by atoms with van der Waals surface area (Å²) in [6.07, 6.45) is 5.51. The molecule has 0 saturated carbocycles. The summed E-state index contributed by atoms with van der Waals surface area (Å²) >= 11 is 3.42. The topological polar surface area (TPSA) is 104 Å². The van der Waals surface area contributed by atoms with Gasteiger partial charge in [0.05, 0.1) is 23.4 Å². The predicted octanol–water partition coefficient (Wildman–Crippen LogP) is 5.26. The Morgan fingerprint density at radius 2 is 1.73 bits per heavy atom. The standard InChI is InChI=1S/C36H35BrN2O6/c1-19-14-28(40)26-17-25-23(30(32(26)33(19)41)21-15-27(37)34(42)29(16-21)45-2)8-9-24-31(25)36(44)39(35(24)43)22-10-12-38(13-11-22)18-20-6-4-3-5-7-20/h3-8,14-16,22,24-25,30-31,42H,9-13,17-18H2,1-2H3/t24-,25+,30-,31-/m0/s1. The number of phenolic OH excluding ortho intramolecular Hbond substituents is 1. The Labute approximate surface area is 270 Å². The van der Waals surface area contributed by atoms with E-state index in [0.717, 1.165) is 38.0 Å². The molecule has 4 atom stereocenters. The van der Waals surface area contributed by atoms with Gasteiger partial charge >= 0.3 is 0 Å². The van der Waals surface area contributed by atoms with E-state index in [0.29, 0.717) is 33.2 Å². The molecule has 2 aliphatic heterocycles. The number of fused-ring (bicyclic) bond motifs is 3. The highest BCUT2D eigenvalue weighted by Crippen LogP contribution is 2.56. The average molecular weight is 672 g/mol. The minimum atomic E-state index is -0.608. The number of likely N-dealkylation sites (tertiary alicyclic amines) is 2. The maximum Gasteiger partial charge on any atom is 0.233 e. The molecule has 0 radical (unpaired) electrons. The van der Waals surface area contributed by atoms with Crippen molar-refractivity contribution in [2.75, 3.05) is 20.2 Å². The smallest absolute Gasteiger partial charge is 0.233 e. The minimum absolute atomic E-state index is 0.0651. The molecule has 5 aliphatic rings. The Kier molecular flexibility index (Phi) is 7.64. The van der Waals surface area contributed by atoms with Gasteiger partial charge in [0, 0.05) is 48.3 Å². The average Bonchev–Trinajstić information content (AvgIpc) is 3.30. The van der Waals surface area contributed by atoms with Gasteiger partial charge < -0.3 is 9.84 Å². The summed E-state index contributed by atoms with van der Waals surface area (Å²) in [6.45, 7) is 4.09. The number of hydrogen-bond acceptors (Lipinski definition) is 7. The first-order chi connectivity index (χ1) is 21.7. The van der Waals surface area contributed by atoms with Gasteiger partial charge in [0.15, 0.2) is 23.1 Å². The molecule has 232 valence electrons. The Bertz CT molecular complexity index is 1720. The first-order valence-electron chi connectivity index (χ1n) is 15.6. The van der Waals surface area contributed by atoms with Crippen molar-refractivity contribution in [1.29, 1.82) is 0 Å². The molecule has 2 aromatic rings. The van der Waals surface area contributed by atoms with Crippen molar-refractivity contribution in [1.82, 2.24) is 9.80 Å². The van der Waals surface area contributed by atoms with Crippen LogP contribution < -0.4 is 4.74 Å². The Morgan fingerprint density at radius 1 is 1.00 bits per heavy atom. The summed E-state index contributed by atoms with van der Waals surface area (Å²) in [7, 11) is 1.45. The third kappa shape index (κ3) is 4.91. The lowest BCUT2D eigenvalue weighted by atomic mass is 9.59. The van der Waals surface area contributed by atoms with E-state index in [9.17, 15) is 24.3 Å². The summed E-state index contributed by atoms with van der Waals surface area (Å²) in [5.41, 5.74) is 4.00. The number of benzene rings is 2. The molecule has 8 nitrogen and oxygen atoms in total. The number of allylic oxidation sites excluding steroid dienone is 6. The highest BCUT2D eigenvalue weighted by Gasteiger charge is 2.57. The summed E-state index contributed by atoms with van der Waals surface area (Å²) in [6, 6.07) is 13.6. The number of Topliss-reactive ketones (excluding diaryl/α,β-unsaturated/α-hetero) is 1. The van der Waals surface area contributed by atoms with Gasteiger partial charge in [-0.1, -0.05) is 42.0 Å². The molecular weight excluding hydrogens is 636 g/mol. The van der Waals surface area contributed by atoms with Gasteiger partial charge in [0.2, 0.25) is 11.8 Å². The van der Waals surface area contributed by atoms with E-state index in [1.54, 1.807) is 24.0 Å². The van der Waals surface area contributed by atoms with Crippen LogP contribution in [0, 0.1) is 17.8 Å². The van der Waals surface area contributed by atoms with Gasteiger partial charge in [-0.15, -0.1) is 0 Å². The van der Waals surface area contributed by atoms with Crippen molar-refractivity contribution in [3.05, 3.63) is 92.5 Å². The molecule has 2 saturated heterocycles. The molecule has 0 bridgehead atoms. The van der Waals surface area contributed by atoms with Crippen LogP contribution in [0.1, 0.15) is 49.7 Å². The van der Waals surface area contributed by atoms with Crippen molar-refractivity contribution in [2.24, 2.45) is 17.8 Å². The summed E-state index contributed by atoms with van der Waals surface area (Å²) in [4.78, 5) is 59.3. The molecule has 0 aromatic heterocycles. The lowest BCUT2D eigenvalue weighted by molar-refractivity contribution is -0.144. The minimum Gasteiger partial charge on any atom is -0.503 e. The number of methoxy groups -OCH3 is 1. The number of carbonyl (C=O) groups excluding carboxylic acids is 4. The normalized spacial score (nSPS) is 27.2. The zero-order valence-electron chi connectivity index (χ0n) is 25.3.